The molecule has 0 heterocycles. The summed E-state index contributed by atoms with van der Waals surface area (Å²) in [5.74, 6) is 5.37. The summed E-state index contributed by atoms with van der Waals surface area (Å²) in [6, 6.07) is 0. The quantitative estimate of drug-likeness (QED) is 0.411. The Bertz CT molecular complexity index is 237. The van der Waals surface area contributed by atoms with Gasteiger partial charge in [-0.2, -0.15) is 0 Å². The third-order valence-corrected chi connectivity index (χ3v) is 2.27. The highest BCUT2D eigenvalue weighted by molar-refractivity contribution is 5.69. The summed E-state index contributed by atoms with van der Waals surface area (Å²) in [6.45, 7) is 2.17. The number of carbonyl (C=O) groups is 1. The Hall–Kier alpha value is -1.01. The SMILES string of the molecule is CCCCCCC#CC(O)CCC(=O)OC. The van der Waals surface area contributed by atoms with Crippen molar-refractivity contribution < 1.29 is 14.6 Å². The zero-order chi connectivity index (χ0) is 12.2. The Morgan fingerprint density at radius 2 is 2.12 bits per heavy atom. The molecule has 0 amide bonds. The van der Waals surface area contributed by atoms with E-state index in [1.165, 1.54) is 26.4 Å². The number of hydrogen-bond acceptors (Lipinski definition) is 3. The normalized spacial score (nSPS) is 11.4. The Morgan fingerprint density at radius 1 is 1.38 bits per heavy atom. The van der Waals surface area contributed by atoms with Crippen LogP contribution in [0.4, 0.5) is 0 Å². The first-order valence-corrected chi connectivity index (χ1v) is 5.94. The van der Waals surface area contributed by atoms with Gasteiger partial charge in [-0.25, -0.2) is 0 Å². The van der Waals surface area contributed by atoms with E-state index < -0.39 is 6.10 Å². The lowest BCUT2D eigenvalue weighted by atomic mass is 10.1. The van der Waals surface area contributed by atoms with E-state index >= 15 is 0 Å². The molecule has 0 saturated heterocycles. The first-order valence-electron chi connectivity index (χ1n) is 5.94. The molecule has 0 saturated carbocycles. The van der Waals surface area contributed by atoms with Crippen LogP contribution in [0, 0.1) is 11.8 Å². The first kappa shape index (κ1) is 15.0. The van der Waals surface area contributed by atoms with Crippen molar-refractivity contribution in [1.29, 1.82) is 0 Å². The van der Waals surface area contributed by atoms with Crippen molar-refractivity contribution in [3.63, 3.8) is 0 Å². The molecule has 0 radical (unpaired) electrons. The largest absolute Gasteiger partial charge is 0.469 e. The fraction of sp³-hybridized carbons (Fsp3) is 0.769. The van der Waals surface area contributed by atoms with Crippen molar-refractivity contribution in [3.05, 3.63) is 0 Å². The van der Waals surface area contributed by atoms with E-state index in [-0.39, 0.29) is 12.4 Å². The molecule has 1 unspecified atom stereocenters. The summed E-state index contributed by atoms with van der Waals surface area (Å²) in [6.07, 6.45) is 5.45. The van der Waals surface area contributed by atoms with Crippen LogP contribution in [0.25, 0.3) is 0 Å². The Balaban J connectivity index is 3.50. The third-order valence-electron chi connectivity index (χ3n) is 2.27. The van der Waals surface area contributed by atoms with E-state index in [1.54, 1.807) is 0 Å². The molecule has 92 valence electrons. The van der Waals surface area contributed by atoms with Gasteiger partial charge < -0.3 is 9.84 Å². The molecule has 0 spiro atoms. The number of ether oxygens (including phenoxy) is 1. The van der Waals surface area contributed by atoms with Gasteiger partial charge in [0, 0.05) is 12.8 Å². The molecule has 1 atom stereocenters. The molecule has 0 fully saturated rings. The molecule has 0 aromatic heterocycles. The molecule has 0 aliphatic rings. The number of rotatable bonds is 7. The molecular formula is C13H22O3. The Kier molecular flexibility index (Phi) is 9.84. The molecule has 16 heavy (non-hydrogen) atoms. The molecule has 0 rings (SSSR count). The molecule has 0 bridgehead atoms. The molecule has 0 aliphatic heterocycles. The van der Waals surface area contributed by atoms with Crippen molar-refractivity contribution in [1.82, 2.24) is 0 Å². The van der Waals surface area contributed by atoms with Gasteiger partial charge in [0.2, 0.25) is 0 Å². The topological polar surface area (TPSA) is 46.5 Å². The summed E-state index contributed by atoms with van der Waals surface area (Å²) < 4.78 is 4.47. The second-order valence-electron chi connectivity index (χ2n) is 3.76. The van der Waals surface area contributed by atoms with Crippen LogP contribution in [0.5, 0.6) is 0 Å². The molecule has 3 heteroatoms. The average Bonchev–Trinajstić information content (AvgIpc) is 2.30. The van der Waals surface area contributed by atoms with Crippen molar-refractivity contribution in [2.45, 2.75) is 58.0 Å². The van der Waals surface area contributed by atoms with E-state index in [4.69, 9.17) is 0 Å². The number of esters is 1. The predicted octanol–water partition coefficient (Wildman–Crippen LogP) is 2.27. The Labute approximate surface area is 98.2 Å². The van der Waals surface area contributed by atoms with Gasteiger partial charge >= 0.3 is 5.97 Å². The Morgan fingerprint density at radius 3 is 2.75 bits per heavy atom. The molecule has 1 N–H and O–H groups in total. The summed E-state index contributed by atoms with van der Waals surface area (Å²) >= 11 is 0. The summed E-state index contributed by atoms with van der Waals surface area (Å²) in [5, 5.41) is 9.41. The summed E-state index contributed by atoms with van der Waals surface area (Å²) in [5.41, 5.74) is 0. The van der Waals surface area contributed by atoms with Crippen molar-refractivity contribution in [2.24, 2.45) is 0 Å². The maximum atomic E-state index is 10.8. The lowest BCUT2D eigenvalue weighted by Crippen LogP contribution is -2.08. The van der Waals surface area contributed by atoms with Gasteiger partial charge in [0.1, 0.15) is 6.10 Å². The van der Waals surface area contributed by atoms with Crippen LogP contribution in [0.3, 0.4) is 0 Å². The number of aliphatic hydroxyl groups is 1. The van der Waals surface area contributed by atoms with E-state index in [1.807, 2.05) is 0 Å². The lowest BCUT2D eigenvalue weighted by Gasteiger charge is -2.01. The van der Waals surface area contributed by atoms with E-state index in [2.05, 4.69) is 23.5 Å². The lowest BCUT2D eigenvalue weighted by molar-refractivity contribution is -0.141. The maximum absolute atomic E-state index is 10.8. The predicted molar refractivity (Wildman–Crippen MR) is 63.8 cm³/mol. The zero-order valence-electron chi connectivity index (χ0n) is 10.3. The van der Waals surface area contributed by atoms with Crippen molar-refractivity contribution >= 4 is 5.97 Å². The average molecular weight is 226 g/mol. The number of unbranched alkanes of at least 4 members (excludes halogenated alkanes) is 4. The van der Waals surface area contributed by atoms with Crippen LogP contribution < -0.4 is 0 Å². The van der Waals surface area contributed by atoms with Crippen molar-refractivity contribution in [2.75, 3.05) is 7.11 Å². The molecule has 0 aromatic carbocycles. The highest BCUT2D eigenvalue weighted by Gasteiger charge is 2.04. The smallest absolute Gasteiger partial charge is 0.305 e. The highest BCUT2D eigenvalue weighted by atomic mass is 16.5. The number of hydrogen-bond donors (Lipinski definition) is 1. The van der Waals surface area contributed by atoms with Gasteiger partial charge in [0.15, 0.2) is 0 Å². The van der Waals surface area contributed by atoms with Gasteiger partial charge in [0.05, 0.1) is 7.11 Å². The van der Waals surface area contributed by atoms with Gasteiger partial charge in [-0.05, 0) is 12.8 Å². The van der Waals surface area contributed by atoms with E-state index in [0.717, 1.165) is 12.8 Å². The minimum Gasteiger partial charge on any atom is -0.469 e. The maximum Gasteiger partial charge on any atom is 0.305 e. The van der Waals surface area contributed by atoms with Gasteiger partial charge in [0.25, 0.3) is 0 Å². The van der Waals surface area contributed by atoms with Crippen molar-refractivity contribution in [3.8, 4) is 11.8 Å². The fourth-order valence-electron chi connectivity index (χ4n) is 1.26. The molecule has 0 aromatic rings. The zero-order valence-corrected chi connectivity index (χ0v) is 10.3. The van der Waals surface area contributed by atoms with Crippen LogP contribution in [0.1, 0.15) is 51.9 Å². The minimum absolute atomic E-state index is 0.224. The second kappa shape index (κ2) is 10.5. The third kappa shape index (κ3) is 9.54. The summed E-state index contributed by atoms with van der Waals surface area (Å²) in [7, 11) is 1.34. The number of carbonyl (C=O) groups excluding carboxylic acids is 1. The summed E-state index contributed by atoms with van der Waals surface area (Å²) in [4.78, 5) is 10.8. The number of methoxy groups -OCH3 is 1. The monoisotopic (exact) mass is 226 g/mol. The van der Waals surface area contributed by atoms with Gasteiger partial charge in [-0.3, -0.25) is 4.79 Å². The highest BCUT2D eigenvalue weighted by Crippen LogP contribution is 2.02. The first-order chi connectivity index (χ1) is 7.70. The molecule has 0 aliphatic carbocycles. The number of aliphatic hydroxyl groups excluding tert-OH is 1. The second-order valence-corrected chi connectivity index (χ2v) is 3.76. The van der Waals surface area contributed by atoms with Crippen LogP contribution in [0.15, 0.2) is 0 Å². The molecular weight excluding hydrogens is 204 g/mol. The standard InChI is InChI=1S/C13H22O3/c1-3-4-5-6-7-8-9-12(14)10-11-13(15)16-2/h12,14H,3-7,10-11H2,1-2H3. The van der Waals surface area contributed by atoms with E-state index in [9.17, 15) is 9.90 Å². The van der Waals surface area contributed by atoms with E-state index in [0.29, 0.717) is 6.42 Å². The van der Waals surface area contributed by atoms with Crippen LogP contribution in [-0.4, -0.2) is 24.3 Å². The van der Waals surface area contributed by atoms with Crippen LogP contribution in [-0.2, 0) is 9.53 Å². The fourth-order valence-corrected chi connectivity index (χ4v) is 1.26. The van der Waals surface area contributed by atoms with Gasteiger partial charge in [-0.15, -0.1) is 5.92 Å². The van der Waals surface area contributed by atoms with Gasteiger partial charge in [-0.1, -0.05) is 32.1 Å². The van der Waals surface area contributed by atoms with Crippen LogP contribution in [0.2, 0.25) is 0 Å². The van der Waals surface area contributed by atoms with Crippen LogP contribution >= 0.6 is 0 Å². The minimum atomic E-state index is -0.703. The molecule has 3 nitrogen and oxygen atoms in total.